The van der Waals surface area contributed by atoms with E-state index in [1.165, 1.54) is 10.5 Å². The van der Waals surface area contributed by atoms with Gasteiger partial charge in [0.05, 0.1) is 0 Å². The second-order valence-electron chi connectivity index (χ2n) is 5.18. The number of furan rings is 1. The lowest BCUT2D eigenvalue weighted by Crippen LogP contribution is -2.29. The highest BCUT2D eigenvalue weighted by Crippen LogP contribution is 2.27. The molecule has 112 valence electrons. The van der Waals surface area contributed by atoms with Crippen molar-refractivity contribution in [3.8, 4) is 0 Å². The second kappa shape index (κ2) is 6.83. The zero-order valence-electron chi connectivity index (χ0n) is 12.5. The quantitative estimate of drug-likeness (QED) is 0.383. The van der Waals surface area contributed by atoms with Gasteiger partial charge in [-0.2, -0.15) is 0 Å². The largest absolute Gasteiger partial charge is 0.456 e. The molecule has 5 heteroatoms. The third-order valence-electron chi connectivity index (χ3n) is 3.32. The van der Waals surface area contributed by atoms with E-state index in [0.717, 1.165) is 17.1 Å². The van der Waals surface area contributed by atoms with Gasteiger partial charge in [0.25, 0.3) is 0 Å². The normalized spacial score (nSPS) is 10.9. The lowest BCUT2D eigenvalue weighted by Gasteiger charge is -2.06. The van der Waals surface area contributed by atoms with Gasteiger partial charge in [-0.25, -0.2) is 5.84 Å². The van der Waals surface area contributed by atoms with Crippen molar-refractivity contribution in [1.82, 2.24) is 5.43 Å². The van der Waals surface area contributed by atoms with Gasteiger partial charge in [0.2, 0.25) is 0 Å². The number of amides is 1. The van der Waals surface area contributed by atoms with Gasteiger partial charge in [0.15, 0.2) is 5.76 Å². The zero-order valence-corrected chi connectivity index (χ0v) is 13.3. The van der Waals surface area contributed by atoms with Crippen LogP contribution in [0.15, 0.2) is 39.6 Å². The van der Waals surface area contributed by atoms with Crippen molar-refractivity contribution in [2.45, 2.75) is 37.3 Å². The molecule has 0 spiro atoms. The summed E-state index contributed by atoms with van der Waals surface area (Å²) in [6.07, 6.45) is 0. The van der Waals surface area contributed by atoms with Crippen molar-refractivity contribution in [1.29, 1.82) is 0 Å². The number of rotatable bonds is 5. The molecule has 0 saturated heterocycles. The predicted molar refractivity (Wildman–Crippen MR) is 85.2 cm³/mol. The Hall–Kier alpha value is -1.72. The fraction of sp³-hybridized carbons (Fsp3) is 0.312. The summed E-state index contributed by atoms with van der Waals surface area (Å²) in [5.41, 5.74) is 4.41. The molecule has 0 aliphatic rings. The molecule has 0 saturated carbocycles. The summed E-state index contributed by atoms with van der Waals surface area (Å²) in [6.45, 7) is 6.22. The van der Waals surface area contributed by atoms with Crippen LogP contribution in [0, 0.1) is 6.92 Å². The number of carbonyl (C=O) groups excluding carboxylic acids is 1. The van der Waals surface area contributed by atoms with E-state index >= 15 is 0 Å². The Bertz CT molecular complexity index is 618. The van der Waals surface area contributed by atoms with E-state index in [4.69, 9.17) is 10.3 Å². The molecule has 0 unspecified atom stereocenters. The first-order valence-corrected chi connectivity index (χ1v) is 7.83. The minimum atomic E-state index is -0.407. The van der Waals surface area contributed by atoms with Crippen LogP contribution >= 0.6 is 11.8 Å². The van der Waals surface area contributed by atoms with Gasteiger partial charge < -0.3 is 4.42 Å². The Kier molecular flexibility index (Phi) is 5.09. The topological polar surface area (TPSA) is 68.3 Å². The lowest BCUT2D eigenvalue weighted by atomic mass is 10.0. The molecule has 1 heterocycles. The number of hydrogen-bond acceptors (Lipinski definition) is 4. The van der Waals surface area contributed by atoms with Crippen LogP contribution in [-0.2, 0) is 5.75 Å². The molecular formula is C16H20N2O2S. The average molecular weight is 304 g/mol. The highest BCUT2D eigenvalue weighted by atomic mass is 32.2. The van der Waals surface area contributed by atoms with Crippen LogP contribution in [0.5, 0.6) is 0 Å². The van der Waals surface area contributed by atoms with Crippen LogP contribution in [0.4, 0.5) is 0 Å². The van der Waals surface area contributed by atoms with Crippen molar-refractivity contribution in [3.63, 3.8) is 0 Å². The Morgan fingerprint density at radius 1 is 1.33 bits per heavy atom. The van der Waals surface area contributed by atoms with E-state index in [-0.39, 0.29) is 5.76 Å². The maximum absolute atomic E-state index is 11.4. The van der Waals surface area contributed by atoms with Gasteiger partial charge in [-0.15, -0.1) is 11.8 Å². The third kappa shape index (κ3) is 3.89. The first kappa shape index (κ1) is 15.7. The standard InChI is InChI=1S/C16H20N2O2S/c1-10(2)12-4-6-14(7-5-12)21-9-13-8-15(16(19)18-17)20-11(13)3/h4-8,10H,9,17H2,1-3H3,(H,18,19). The molecule has 0 radical (unpaired) electrons. The van der Waals surface area contributed by atoms with Gasteiger partial charge in [0, 0.05) is 16.2 Å². The van der Waals surface area contributed by atoms with Crippen LogP contribution in [0.2, 0.25) is 0 Å². The molecular weight excluding hydrogens is 284 g/mol. The summed E-state index contributed by atoms with van der Waals surface area (Å²) < 4.78 is 5.40. The summed E-state index contributed by atoms with van der Waals surface area (Å²) in [7, 11) is 0. The van der Waals surface area contributed by atoms with Crippen LogP contribution in [-0.4, -0.2) is 5.91 Å². The van der Waals surface area contributed by atoms with Gasteiger partial charge >= 0.3 is 5.91 Å². The van der Waals surface area contributed by atoms with Crippen LogP contribution in [0.1, 0.15) is 47.2 Å². The number of nitrogens with one attached hydrogen (secondary N) is 1. The SMILES string of the molecule is Cc1oc(C(=O)NN)cc1CSc1ccc(C(C)C)cc1. The highest BCUT2D eigenvalue weighted by Gasteiger charge is 2.13. The highest BCUT2D eigenvalue weighted by molar-refractivity contribution is 7.98. The Morgan fingerprint density at radius 2 is 2.00 bits per heavy atom. The molecule has 2 aromatic rings. The van der Waals surface area contributed by atoms with Crippen molar-refractivity contribution in [2.75, 3.05) is 0 Å². The van der Waals surface area contributed by atoms with Crippen LogP contribution in [0.3, 0.4) is 0 Å². The van der Waals surface area contributed by atoms with E-state index in [9.17, 15) is 4.79 Å². The first-order valence-electron chi connectivity index (χ1n) is 6.84. The number of hydrogen-bond donors (Lipinski definition) is 2. The van der Waals surface area contributed by atoms with E-state index in [0.29, 0.717) is 5.92 Å². The molecule has 0 bridgehead atoms. The fourth-order valence-electron chi connectivity index (χ4n) is 1.96. The van der Waals surface area contributed by atoms with E-state index < -0.39 is 5.91 Å². The van der Waals surface area contributed by atoms with Crippen molar-refractivity contribution >= 4 is 17.7 Å². The molecule has 21 heavy (non-hydrogen) atoms. The molecule has 1 amide bonds. The number of thioether (sulfide) groups is 1. The molecule has 4 nitrogen and oxygen atoms in total. The zero-order chi connectivity index (χ0) is 15.4. The number of hydrazine groups is 1. The minimum Gasteiger partial charge on any atom is -0.456 e. The molecule has 0 atom stereocenters. The van der Waals surface area contributed by atoms with Crippen molar-refractivity contribution in [2.24, 2.45) is 5.84 Å². The fourth-order valence-corrected chi connectivity index (χ4v) is 2.89. The molecule has 1 aromatic carbocycles. The summed E-state index contributed by atoms with van der Waals surface area (Å²) in [4.78, 5) is 12.6. The van der Waals surface area contributed by atoms with E-state index in [1.807, 2.05) is 6.92 Å². The number of nitrogen functional groups attached to an aromatic ring is 1. The summed E-state index contributed by atoms with van der Waals surface area (Å²) >= 11 is 1.72. The Balaban J connectivity index is 2.02. The van der Waals surface area contributed by atoms with Gasteiger partial charge in [-0.05, 0) is 36.6 Å². The van der Waals surface area contributed by atoms with E-state index in [2.05, 4.69) is 43.5 Å². The Morgan fingerprint density at radius 3 is 2.57 bits per heavy atom. The third-order valence-corrected chi connectivity index (χ3v) is 4.38. The Labute approximate surface area is 129 Å². The molecule has 0 fully saturated rings. The van der Waals surface area contributed by atoms with Crippen LogP contribution < -0.4 is 11.3 Å². The monoisotopic (exact) mass is 304 g/mol. The first-order chi connectivity index (χ1) is 10.0. The molecule has 1 aromatic heterocycles. The molecule has 0 aliphatic heterocycles. The number of carbonyl (C=O) groups is 1. The van der Waals surface area contributed by atoms with Gasteiger partial charge in [0.1, 0.15) is 5.76 Å². The maximum Gasteiger partial charge on any atom is 0.300 e. The smallest absolute Gasteiger partial charge is 0.300 e. The van der Waals surface area contributed by atoms with Crippen molar-refractivity contribution in [3.05, 3.63) is 53.0 Å². The summed E-state index contributed by atoms with van der Waals surface area (Å²) in [5.74, 6) is 6.99. The van der Waals surface area contributed by atoms with Crippen molar-refractivity contribution < 1.29 is 9.21 Å². The average Bonchev–Trinajstić information content (AvgIpc) is 2.86. The number of benzene rings is 1. The lowest BCUT2D eigenvalue weighted by molar-refractivity contribution is 0.0924. The molecule has 2 rings (SSSR count). The van der Waals surface area contributed by atoms with Crippen LogP contribution in [0.25, 0.3) is 0 Å². The minimum absolute atomic E-state index is 0.251. The molecule has 3 N–H and O–H groups in total. The number of aryl methyl sites for hydroxylation is 1. The summed E-state index contributed by atoms with van der Waals surface area (Å²) in [5, 5.41) is 0. The number of nitrogens with two attached hydrogens (primary N) is 1. The van der Waals surface area contributed by atoms with Gasteiger partial charge in [-0.3, -0.25) is 10.2 Å². The molecule has 0 aliphatic carbocycles. The predicted octanol–water partition coefficient (Wildman–Crippen LogP) is 3.61. The van der Waals surface area contributed by atoms with Gasteiger partial charge in [-0.1, -0.05) is 26.0 Å². The second-order valence-corrected chi connectivity index (χ2v) is 6.23. The maximum atomic E-state index is 11.4. The summed E-state index contributed by atoms with van der Waals surface area (Å²) in [6, 6.07) is 10.3. The van der Waals surface area contributed by atoms with E-state index in [1.54, 1.807) is 17.8 Å².